The van der Waals surface area contributed by atoms with Gasteiger partial charge in [-0.2, -0.15) is 0 Å². The molecule has 1 atom stereocenters. The van der Waals surface area contributed by atoms with E-state index in [2.05, 4.69) is 0 Å². The first kappa shape index (κ1) is 13.1. The van der Waals surface area contributed by atoms with Gasteiger partial charge in [0.15, 0.2) is 0 Å². The van der Waals surface area contributed by atoms with Crippen molar-refractivity contribution in [3.63, 3.8) is 0 Å². The lowest BCUT2D eigenvalue weighted by molar-refractivity contribution is -0.135. The molecule has 2 rings (SSSR count). The van der Waals surface area contributed by atoms with Gasteiger partial charge in [0.1, 0.15) is 0 Å². The van der Waals surface area contributed by atoms with E-state index in [9.17, 15) is 4.79 Å². The molecular formula is C14H20N2O2. The molecule has 0 aromatic heterocycles. The van der Waals surface area contributed by atoms with E-state index in [0.29, 0.717) is 32.7 Å². The molecule has 0 saturated carbocycles. The predicted molar refractivity (Wildman–Crippen MR) is 70.1 cm³/mol. The maximum absolute atomic E-state index is 12.0. The number of carbonyl (C=O) groups is 1. The Bertz CT molecular complexity index is 375. The van der Waals surface area contributed by atoms with Crippen molar-refractivity contribution in [2.75, 3.05) is 26.3 Å². The van der Waals surface area contributed by atoms with Gasteiger partial charge >= 0.3 is 0 Å². The van der Waals surface area contributed by atoms with Gasteiger partial charge in [-0.1, -0.05) is 30.3 Å². The maximum atomic E-state index is 12.0. The van der Waals surface area contributed by atoms with Crippen molar-refractivity contribution >= 4 is 5.91 Å². The van der Waals surface area contributed by atoms with Crippen LogP contribution in [0.25, 0.3) is 0 Å². The van der Waals surface area contributed by atoms with Crippen molar-refractivity contribution in [2.45, 2.75) is 18.9 Å². The molecule has 1 aromatic carbocycles. The van der Waals surface area contributed by atoms with Crippen LogP contribution in [-0.4, -0.2) is 43.2 Å². The highest BCUT2D eigenvalue weighted by atomic mass is 16.5. The van der Waals surface area contributed by atoms with E-state index < -0.39 is 0 Å². The molecule has 0 radical (unpaired) electrons. The third-order valence-corrected chi connectivity index (χ3v) is 3.14. The summed E-state index contributed by atoms with van der Waals surface area (Å²) >= 11 is 0. The van der Waals surface area contributed by atoms with Gasteiger partial charge in [-0.3, -0.25) is 4.79 Å². The second-order valence-corrected chi connectivity index (χ2v) is 4.65. The van der Waals surface area contributed by atoms with Crippen LogP contribution in [0.5, 0.6) is 0 Å². The van der Waals surface area contributed by atoms with E-state index in [1.54, 1.807) is 0 Å². The second-order valence-electron chi connectivity index (χ2n) is 4.65. The Labute approximate surface area is 108 Å². The average Bonchev–Trinajstić information content (AvgIpc) is 2.40. The number of rotatable bonds is 4. The molecule has 0 aliphatic carbocycles. The number of nitrogens with two attached hydrogens (primary N) is 1. The molecule has 1 aromatic rings. The lowest BCUT2D eigenvalue weighted by atomic mass is 10.0. The Morgan fingerprint density at radius 3 is 2.61 bits per heavy atom. The van der Waals surface area contributed by atoms with E-state index in [0.717, 1.165) is 6.42 Å². The Kier molecular flexibility index (Phi) is 4.73. The van der Waals surface area contributed by atoms with Gasteiger partial charge < -0.3 is 15.4 Å². The first-order valence-corrected chi connectivity index (χ1v) is 6.41. The van der Waals surface area contributed by atoms with Crippen molar-refractivity contribution in [1.82, 2.24) is 4.90 Å². The van der Waals surface area contributed by atoms with Crippen LogP contribution in [-0.2, 0) is 16.0 Å². The van der Waals surface area contributed by atoms with Crippen LogP contribution in [0.2, 0.25) is 0 Å². The Balaban J connectivity index is 1.79. The molecule has 0 bridgehead atoms. The van der Waals surface area contributed by atoms with Crippen LogP contribution in [0, 0.1) is 0 Å². The molecule has 1 fully saturated rings. The van der Waals surface area contributed by atoms with Crippen molar-refractivity contribution < 1.29 is 9.53 Å². The summed E-state index contributed by atoms with van der Waals surface area (Å²) in [5, 5.41) is 0. The largest absolute Gasteiger partial charge is 0.378 e. The molecule has 4 nitrogen and oxygen atoms in total. The summed E-state index contributed by atoms with van der Waals surface area (Å²) in [6, 6.07) is 9.94. The molecule has 1 saturated heterocycles. The van der Waals surface area contributed by atoms with E-state index in [1.165, 1.54) is 5.56 Å². The molecule has 18 heavy (non-hydrogen) atoms. The van der Waals surface area contributed by atoms with Crippen LogP contribution in [0.15, 0.2) is 30.3 Å². The number of amides is 1. The summed E-state index contributed by atoms with van der Waals surface area (Å²) in [6.07, 6.45) is 1.16. The highest BCUT2D eigenvalue weighted by molar-refractivity contribution is 5.76. The molecule has 4 heteroatoms. The fourth-order valence-electron chi connectivity index (χ4n) is 2.16. The van der Waals surface area contributed by atoms with Gasteiger partial charge in [-0.05, 0) is 12.0 Å². The van der Waals surface area contributed by atoms with Crippen molar-refractivity contribution in [3.05, 3.63) is 35.9 Å². The normalized spacial score (nSPS) is 17.5. The minimum absolute atomic E-state index is 0.109. The molecule has 1 heterocycles. The van der Waals surface area contributed by atoms with Crippen LogP contribution in [0.3, 0.4) is 0 Å². The van der Waals surface area contributed by atoms with Gasteiger partial charge in [0.25, 0.3) is 0 Å². The summed E-state index contributed by atoms with van der Waals surface area (Å²) in [5.74, 6) is 0.140. The molecule has 2 N–H and O–H groups in total. The van der Waals surface area contributed by atoms with Gasteiger partial charge in [-0.15, -0.1) is 0 Å². The number of morpholine rings is 1. The lowest BCUT2D eigenvalue weighted by Gasteiger charge is -2.27. The molecule has 1 amide bonds. The zero-order valence-corrected chi connectivity index (χ0v) is 10.5. The van der Waals surface area contributed by atoms with Crippen molar-refractivity contribution in [1.29, 1.82) is 0 Å². The van der Waals surface area contributed by atoms with Crippen LogP contribution >= 0.6 is 0 Å². The summed E-state index contributed by atoms with van der Waals surface area (Å²) in [7, 11) is 0. The Morgan fingerprint density at radius 2 is 1.94 bits per heavy atom. The maximum Gasteiger partial charge on any atom is 0.224 e. The van der Waals surface area contributed by atoms with Crippen LogP contribution < -0.4 is 5.73 Å². The number of benzene rings is 1. The van der Waals surface area contributed by atoms with Crippen LogP contribution in [0.1, 0.15) is 12.0 Å². The topological polar surface area (TPSA) is 55.6 Å². The number of nitrogens with zero attached hydrogens (tertiary/aromatic N) is 1. The zero-order chi connectivity index (χ0) is 12.8. The fraction of sp³-hybridized carbons (Fsp3) is 0.500. The summed E-state index contributed by atoms with van der Waals surface area (Å²) < 4.78 is 5.23. The molecular weight excluding hydrogens is 228 g/mol. The molecule has 1 aliphatic rings. The van der Waals surface area contributed by atoms with Gasteiger partial charge in [0.05, 0.1) is 13.2 Å². The number of hydrogen-bond donors (Lipinski definition) is 1. The third kappa shape index (κ3) is 3.82. The summed E-state index contributed by atoms with van der Waals surface area (Å²) in [4.78, 5) is 13.8. The Hall–Kier alpha value is -1.39. The van der Waals surface area contributed by atoms with E-state index in [-0.39, 0.29) is 11.9 Å². The molecule has 1 aliphatic heterocycles. The molecule has 98 valence electrons. The minimum atomic E-state index is -0.109. The standard InChI is InChI=1S/C14H20N2O2/c15-13(10-12-4-2-1-3-5-12)11-14(17)16-6-8-18-9-7-16/h1-5,13H,6-11,15H2. The smallest absolute Gasteiger partial charge is 0.224 e. The van der Waals surface area contributed by atoms with E-state index in [4.69, 9.17) is 10.5 Å². The van der Waals surface area contributed by atoms with E-state index in [1.807, 2.05) is 35.2 Å². The zero-order valence-electron chi connectivity index (χ0n) is 10.5. The minimum Gasteiger partial charge on any atom is -0.378 e. The monoisotopic (exact) mass is 248 g/mol. The predicted octanol–water partition coefficient (Wildman–Crippen LogP) is 0.805. The first-order chi connectivity index (χ1) is 8.75. The van der Waals surface area contributed by atoms with Gasteiger partial charge in [0.2, 0.25) is 5.91 Å². The summed E-state index contributed by atoms with van der Waals surface area (Å²) in [5.41, 5.74) is 7.21. The first-order valence-electron chi connectivity index (χ1n) is 6.41. The quantitative estimate of drug-likeness (QED) is 0.857. The summed E-state index contributed by atoms with van der Waals surface area (Å²) in [6.45, 7) is 2.66. The van der Waals surface area contributed by atoms with Crippen molar-refractivity contribution in [2.24, 2.45) is 5.73 Å². The number of hydrogen-bond acceptors (Lipinski definition) is 3. The SMILES string of the molecule is NC(CC(=O)N1CCOCC1)Cc1ccccc1. The molecule has 1 unspecified atom stereocenters. The lowest BCUT2D eigenvalue weighted by Crippen LogP contribution is -2.43. The molecule has 0 spiro atoms. The number of ether oxygens (including phenoxy) is 1. The number of carbonyl (C=O) groups excluding carboxylic acids is 1. The second kappa shape index (κ2) is 6.52. The highest BCUT2D eigenvalue weighted by Crippen LogP contribution is 2.07. The van der Waals surface area contributed by atoms with Gasteiger partial charge in [-0.25, -0.2) is 0 Å². The van der Waals surface area contributed by atoms with Crippen molar-refractivity contribution in [3.8, 4) is 0 Å². The van der Waals surface area contributed by atoms with E-state index >= 15 is 0 Å². The fourth-order valence-corrected chi connectivity index (χ4v) is 2.16. The highest BCUT2D eigenvalue weighted by Gasteiger charge is 2.19. The average molecular weight is 248 g/mol. The van der Waals surface area contributed by atoms with Gasteiger partial charge in [0, 0.05) is 25.6 Å². The Morgan fingerprint density at radius 1 is 1.28 bits per heavy atom. The van der Waals surface area contributed by atoms with Crippen LogP contribution in [0.4, 0.5) is 0 Å². The third-order valence-electron chi connectivity index (χ3n) is 3.14.